The second-order valence-corrected chi connectivity index (χ2v) is 9.27. The maximum atomic E-state index is 15.1. The molecule has 1 unspecified atom stereocenters. The van der Waals surface area contributed by atoms with Crippen molar-refractivity contribution < 1.29 is 22.8 Å². The summed E-state index contributed by atoms with van der Waals surface area (Å²) in [6.07, 6.45) is 2.13. The van der Waals surface area contributed by atoms with Gasteiger partial charge in [-0.3, -0.25) is 14.6 Å². The third kappa shape index (κ3) is 5.25. The van der Waals surface area contributed by atoms with Crippen LogP contribution in [-0.4, -0.2) is 48.1 Å². The lowest BCUT2D eigenvalue weighted by Crippen LogP contribution is -2.32. The number of pyridine rings is 1. The van der Waals surface area contributed by atoms with Gasteiger partial charge in [0.1, 0.15) is 11.7 Å². The highest BCUT2D eigenvalue weighted by atomic mass is 19.2. The number of nitrogens with one attached hydrogen (secondary N) is 2. The number of para-hydroxylation sites is 1. The lowest BCUT2D eigenvalue weighted by Gasteiger charge is -2.29. The van der Waals surface area contributed by atoms with Gasteiger partial charge in [-0.25, -0.2) is 4.39 Å². The van der Waals surface area contributed by atoms with Gasteiger partial charge in [-0.15, -0.1) is 0 Å². The molecule has 38 heavy (non-hydrogen) atoms. The summed E-state index contributed by atoms with van der Waals surface area (Å²) in [6, 6.07) is 15.5. The van der Waals surface area contributed by atoms with E-state index in [1.54, 1.807) is 12.1 Å². The van der Waals surface area contributed by atoms with Crippen LogP contribution in [0.2, 0.25) is 0 Å². The van der Waals surface area contributed by atoms with Crippen LogP contribution < -0.4 is 15.5 Å². The van der Waals surface area contributed by atoms with Gasteiger partial charge < -0.3 is 15.5 Å². The van der Waals surface area contributed by atoms with Gasteiger partial charge in [0.25, 0.3) is 5.95 Å². The number of ketones is 1. The number of benzodiazepines with no additional fused rings is 1. The van der Waals surface area contributed by atoms with Gasteiger partial charge in [0.2, 0.25) is 11.7 Å². The van der Waals surface area contributed by atoms with E-state index in [1.807, 2.05) is 42.5 Å². The van der Waals surface area contributed by atoms with Crippen LogP contribution in [0.1, 0.15) is 36.8 Å². The second-order valence-electron chi connectivity index (χ2n) is 9.27. The minimum Gasteiger partial charge on any atom is -0.367 e. The number of amides is 1. The van der Waals surface area contributed by atoms with E-state index >= 15 is 4.39 Å². The fraction of sp³-hybridized carbons (Fsp3) is 0.286. The molecule has 5 rings (SSSR count). The molecule has 10 heteroatoms. The highest BCUT2D eigenvalue weighted by Crippen LogP contribution is 2.31. The van der Waals surface area contributed by atoms with Crippen molar-refractivity contribution >= 4 is 34.6 Å². The Morgan fingerprint density at radius 2 is 1.68 bits per heavy atom. The van der Waals surface area contributed by atoms with Crippen molar-refractivity contribution in [3.05, 3.63) is 83.3 Å². The molecule has 0 aliphatic carbocycles. The number of halogens is 3. The number of hydrogen-bond acceptors (Lipinski definition) is 6. The number of hydrogen-bond donors (Lipinski definition) is 2. The molecule has 0 spiro atoms. The number of aromatic nitrogens is 1. The zero-order valence-electron chi connectivity index (χ0n) is 20.5. The molecular formula is C28H26F3N5O2. The van der Waals surface area contributed by atoms with E-state index in [-0.39, 0.29) is 6.42 Å². The minimum absolute atomic E-state index is 0.284. The summed E-state index contributed by atoms with van der Waals surface area (Å²) in [4.78, 5) is 35.3. The van der Waals surface area contributed by atoms with Crippen LogP contribution >= 0.6 is 0 Å². The van der Waals surface area contributed by atoms with Crippen molar-refractivity contribution in [3.63, 3.8) is 0 Å². The van der Waals surface area contributed by atoms with Gasteiger partial charge in [0.05, 0.1) is 17.9 Å². The molecule has 2 aliphatic heterocycles. The van der Waals surface area contributed by atoms with Crippen LogP contribution in [0.3, 0.4) is 0 Å². The van der Waals surface area contributed by atoms with E-state index in [9.17, 15) is 18.4 Å². The molecule has 0 bridgehead atoms. The fourth-order valence-corrected chi connectivity index (χ4v) is 4.75. The van der Waals surface area contributed by atoms with Gasteiger partial charge in [-0.2, -0.15) is 13.8 Å². The van der Waals surface area contributed by atoms with Gasteiger partial charge in [0.15, 0.2) is 17.4 Å². The van der Waals surface area contributed by atoms with Crippen molar-refractivity contribution in [1.29, 1.82) is 0 Å². The molecular weight excluding hydrogens is 495 g/mol. The summed E-state index contributed by atoms with van der Waals surface area (Å²) in [5.41, 5.74) is 2.16. The minimum atomic E-state index is -1.44. The maximum Gasteiger partial charge on any atom is 0.253 e. The molecule has 1 saturated heterocycles. The number of fused-ring (bicyclic) bond motifs is 1. The lowest BCUT2D eigenvalue weighted by molar-refractivity contribution is -0.122. The Labute approximate surface area is 217 Å². The van der Waals surface area contributed by atoms with Gasteiger partial charge in [-0.05, 0) is 25.3 Å². The number of carbonyl (C=O) groups is 2. The summed E-state index contributed by atoms with van der Waals surface area (Å²) >= 11 is 0. The first-order chi connectivity index (χ1) is 18.4. The SMILES string of the molecule is O=C(CNc1nc(F)c(F)c(N2CCCCC2)c1F)CC1N=C(c2ccccc2)c2ccccc2NC1=O. The summed E-state index contributed by atoms with van der Waals surface area (Å²) < 4.78 is 43.8. The number of Topliss-reactive ketones (excluding diaryl/α,β-unsaturated/α-hetero) is 1. The molecule has 7 nitrogen and oxygen atoms in total. The summed E-state index contributed by atoms with van der Waals surface area (Å²) in [7, 11) is 0. The van der Waals surface area contributed by atoms with Crippen molar-refractivity contribution in [2.45, 2.75) is 31.7 Å². The van der Waals surface area contributed by atoms with Crippen LogP contribution in [0.5, 0.6) is 0 Å². The van der Waals surface area contributed by atoms with Crippen molar-refractivity contribution in [1.82, 2.24) is 4.98 Å². The van der Waals surface area contributed by atoms with E-state index < -0.39 is 53.4 Å². The first kappa shape index (κ1) is 25.4. The highest BCUT2D eigenvalue weighted by Gasteiger charge is 2.29. The summed E-state index contributed by atoms with van der Waals surface area (Å²) in [5, 5.41) is 5.31. The van der Waals surface area contributed by atoms with Crippen LogP contribution in [0.4, 0.5) is 30.4 Å². The average Bonchev–Trinajstić information content (AvgIpc) is 3.07. The molecule has 1 amide bonds. The normalized spacial score (nSPS) is 17.2. The topological polar surface area (TPSA) is 86.7 Å². The van der Waals surface area contributed by atoms with Crippen LogP contribution in [0.25, 0.3) is 0 Å². The Morgan fingerprint density at radius 1 is 0.974 bits per heavy atom. The summed E-state index contributed by atoms with van der Waals surface area (Å²) in [5.74, 6) is -5.33. The van der Waals surface area contributed by atoms with E-state index in [0.717, 1.165) is 30.4 Å². The predicted molar refractivity (Wildman–Crippen MR) is 139 cm³/mol. The second kappa shape index (κ2) is 11.0. The van der Waals surface area contributed by atoms with Crippen molar-refractivity contribution in [3.8, 4) is 0 Å². The standard InChI is InChI=1S/C28H26F3N5O2/c29-22-25(36-13-7-2-8-14-36)23(30)27(35-26(22)31)32-16-18(37)15-21-28(38)34-20-12-6-5-11-19(20)24(33-21)17-9-3-1-4-10-17/h1,3-6,9-12,21H,2,7-8,13-16H2,(H,32,35)(H,34,38). The molecule has 3 aromatic rings. The molecule has 196 valence electrons. The Kier molecular flexibility index (Phi) is 7.39. The number of piperidine rings is 1. The largest absolute Gasteiger partial charge is 0.367 e. The van der Waals surface area contributed by atoms with Crippen LogP contribution in [0, 0.1) is 17.6 Å². The van der Waals surface area contributed by atoms with Gasteiger partial charge >= 0.3 is 0 Å². The smallest absolute Gasteiger partial charge is 0.253 e. The Bertz CT molecular complexity index is 1390. The first-order valence-electron chi connectivity index (χ1n) is 12.5. The first-order valence-corrected chi connectivity index (χ1v) is 12.5. The quantitative estimate of drug-likeness (QED) is 0.440. The molecule has 1 fully saturated rings. The summed E-state index contributed by atoms with van der Waals surface area (Å²) in [6.45, 7) is 0.356. The average molecular weight is 522 g/mol. The number of aliphatic imine (C=N–C) groups is 1. The number of anilines is 3. The molecule has 2 N–H and O–H groups in total. The Balaban J connectivity index is 1.35. The Morgan fingerprint density at radius 3 is 2.45 bits per heavy atom. The molecule has 2 aliphatic rings. The third-order valence-corrected chi connectivity index (χ3v) is 6.64. The molecule has 1 aromatic heterocycles. The van der Waals surface area contributed by atoms with E-state index in [2.05, 4.69) is 20.6 Å². The molecule has 1 atom stereocenters. The number of carbonyl (C=O) groups excluding carboxylic acids is 2. The van der Waals surface area contributed by atoms with Gasteiger partial charge in [0, 0.05) is 30.6 Å². The third-order valence-electron chi connectivity index (χ3n) is 6.64. The zero-order valence-corrected chi connectivity index (χ0v) is 20.5. The van der Waals surface area contributed by atoms with Crippen molar-refractivity contribution in [2.75, 3.05) is 35.2 Å². The predicted octanol–water partition coefficient (Wildman–Crippen LogP) is 4.72. The lowest BCUT2D eigenvalue weighted by atomic mass is 10.0. The van der Waals surface area contributed by atoms with Crippen molar-refractivity contribution in [2.24, 2.45) is 4.99 Å². The number of benzene rings is 2. The fourth-order valence-electron chi connectivity index (χ4n) is 4.75. The van der Waals surface area contributed by atoms with E-state index in [1.165, 1.54) is 4.90 Å². The molecule has 2 aromatic carbocycles. The molecule has 3 heterocycles. The maximum absolute atomic E-state index is 15.1. The van der Waals surface area contributed by atoms with Crippen LogP contribution in [-0.2, 0) is 9.59 Å². The molecule has 0 radical (unpaired) electrons. The van der Waals surface area contributed by atoms with Crippen LogP contribution in [0.15, 0.2) is 59.6 Å². The zero-order chi connectivity index (χ0) is 26.6. The number of nitrogens with zero attached hydrogens (tertiary/aromatic N) is 3. The van der Waals surface area contributed by atoms with Gasteiger partial charge in [-0.1, -0.05) is 48.5 Å². The molecule has 0 saturated carbocycles. The monoisotopic (exact) mass is 521 g/mol. The highest BCUT2D eigenvalue weighted by molar-refractivity contribution is 6.20. The number of rotatable bonds is 7. The van der Waals surface area contributed by atoms with E-state index in [4.69, 9.17) is 0 Å². The Hall–Kier alpha value is -4.21. The van der Waals surface area contributed by atoms with E-state index in [0.29, 0.717) is 24.5 Å².